The Hall–Kier alpha value is -3.00. The molecule has 3 unspecified atom stereocenters. The summed E-state index contributed by atoms with van der Waals surface area (Å²) in [5, 5.41) is 5.96. The van der Waals surface area contributed by atoms with Crippen LogP contribution in [0.15, 0.2) is 36.4 Å². The number of aryl methyl sites for hydroxylation is 4. The van der Waals surface area contributed by atoms with Gasteiger partial charge in [0.2, 0.25) is 5.91 Å². The highest BCUT2D eigenvalue weighted by molar-refractivity contribution is 7.98. The summed E-state index contributed by atoms with van der Waals surface area (Å²) < 4.78 is 5.49. The molecule has 40 heavy (non-hydrogen) atoms. The van der Waals surface area contributed by atoms with Gasteiger partial charge in [-0.25, -0.2) is 4.79 Å². The molecular weight excluding hydrogens is 522 g/mol. The Morgan fingerprint density at radius 1 is 0.950 bits per heavy atom. The minimum absolute atomic E-state index is 0.280. The van der Waals surface area contributed by atoms with Gasteiger partial charge in [0.25, 0.3) is 5.91 Å². The third-order valence-corrected chi connectivity index (χ3v) is 7.64. The van der Waals surface area contributed by atoms with E-state index < -0.39 is 23.8 Å². The smallest absolute Gasteiger partial charge is 0.408 e. The van der Waals surface area contributed by atoms with Crippen molar-refractivity contribution in [3.8, 4) is 0 Å². The van der Waals surface area contributed by atoms with Crippen LogP contribution in [0.5, 0.6) is 0 Å². The monoisotopic (exact) mass is 569 g/mol. The van der Waals surface area contributed by atoms with E-state index in [1.54, 1.807) is 37.4 Å². The van der Waals surface area contributed by atoms with Gasteiger partial charge in [0, 0.05) is 11.7 Å². The number of hydrogen-bond donors (Lipinski definition) is 2. The number of anilines is 1. The van der Waals surface area contributed by atoms with Gasteiger partial charge in [-0.1, -0.05) is 43.3 Å². The number of rotatable bonds is 11. The fourth-order valence-corrected chi connectivity index (χ4v) is 5.25. The summed E-state index contributed by atoms with van der Waals surface area (Å²) in [5.41, 5.74) is 4.55. The minimum Gasteiger partial charge on any atom is -0.444 e. The van der Waals surface area contributed by atoms with E-state index in [2.05, 4.69) is 10.6 Å². The van der Waals surface area contributed by atoms with Crippen LogP contribution in [0.25, 0.3) is 0 Å². The summed E-state index contributed by atoms with van der Waals surface area (Å²) in [6.07, 6.45) is 2.34. The first-order chi connectivity index (χ1) is 18.7. The zero-order valence-electron chi connectivity index (χ0n) is 25.8. The van der Waals surface area contributed by atoms with E-state index in [0.29, 0.717) is 18.6 Å². The molecular formula is C32H47N3O4S. The Morgan fingerprint density at radius 2 is 1.48 bits per heavy atom. The molecule has 2 aromatic carbocycles. The van der Waals surface area contributed by atoms with Crippen LogP contribution in [0, 0.1) is 27.7 Å². The van der Waals surface area contributed by atoms with E-state index in [9.17, 15) is 14.4 Å². The lowest BCUT2D eigenvalue weighted by Crippen LogP contribution is -2.55. The van der Waals surface area contributed by atoms with Gasteiger partial charge in [0.05, 0.1) is 0 Å². The highest BCUT2D eigenvalue weighted by atomic mass is 32.2. The fourth-order valence-electron chi connectivity index (χ4n) is 4.78. The number of nitrogens with one attached hydrogen (secondary N) is 2. The molecule has 3 atom stereocenters. The largest absolute Gasteiger partial charge is 0.444 e. The van der Waals surface area contributed by atoms with Crippen molar-refractivity contribution < 1.29 is 19.1 Å². The Bertz CT molecular complexity index is 1150. The molecule has 8 heteroatoms. The van der Waals surface area contributed by atoms with E-state index in [1.807, 2.05) is 84.2 Å². The highest BCUT2D eigenvalue weighted by Crippen LogP contribution is 2.33. The van der Waals surface area contributed by atoms with Crippen molar-refractivity contribution in [1.82, 2.24) is 10.2 Å². The predicted molar refractivity (Wildman–Crippen MR) is 166 cm³/mol. The molecule has 0 aliphatic rings. The van der Waals surface area contributed by atoms with E-state index in [-0.39, 0.29) is 17.9 Å². The number of amides is 3. The van der Waals surface area contributed by atoms with Crippen molar-refractivity contribution in [2.24, 2.45) is 0 Å². The molecule has 0 fully saturated rings. The number of carbonyl (C=O) groups excluding carboxylic acids is 3. The van der Waals surface area contributed by atoms with Crippen molar-refractivity contribution >= 4 is 35.4 Å². The Kier molecular flexibility index (Phi) is 12.1. The van der Waals surface area contributed by atoms with Crippen LogP contribution in [-0.2, 0) is 14.3 Å². The minimum atomic E-state index is -0.903. The Morgan fingerprint density at radius 3 is 1.95 bits per heavy atom. The summed E-state index contributed by atoms with van der Waals surface area (Å²) in [7, 11) is 0. The van der Waals surface area contributed by atoms with E-state index in [0.717, 1.165) is 33.5 Å². The summed E-state index contributed by atoms with van der Waals surface area (Å²) in [5.74, 6) is 0.0614. The number of hydrogen-bond acceptors (Lipinski definition) is 5. The van der Waals surface area contributed by atoms with Gasteiger partial charge in [0.15, 0.2) is 0 Å². The number of thioether (sulfide) groups is 1. The van der Waals surface area contributed by atoms with Crippen molar-refractivity contribution in [2.45, 2.75) is 98.9 Å². The highest BCUT2D eigenvalue weighted by Gasteiger charge is 2.39. The Labute approximate surface area is 244 Å². The van der Waals surface area contributed by atoms with Gasteiger partial charge in [0.1, 0.15) is 17.7 Å². The van der Waals surface area contributed by atoms with Gasteiger partial charge in [-0.05, 0) is 108 Å². The molecule has 0 radical (unpaired) electrons. The fraction of sp³-hybridized carbons (Fsp3) is 0.531. The van der Waals surface area contributed by atoms with Crippen molar-refractivity contribution in [3.05, 3.63) is 64.2 Å². The second-order valence-corrected chi connectivity index (χ2v) is 12.4. The second-order valence-electron chi connectivity index (χ2n) is 11.4. The zero-order valence-corrected chi connectivity index (χ0v) is 26.6. The van der Waals surface area contributed by atoms with Gasteiger partial charge >= 0.3 is 6.09 Å². The molecule has 0 aliphatic carbocycles. The van der Waals surface area contributed by atoms with E-state index in [1.165, 1.54) is 0 Å². The molecule has 0 saturated heterocycles. The van der Waals surface area contributed by atoms with Crippen LogP contribution in [0.1, 0.15) is 81.3 Å². The Balaban J connectivity index is 2.67. The topological polar surface area (TPSA) is 87.7 Å². The van der Waals surface area contributed by atoms with E-state index >= 15 is 0 Å². The van der Waals surface area contributed by atoms with E-state index in [4.69, 9.17) is 4.74 Å². The lowest BCUT2D eigenvalue weighted by atomic mass is 9.92. The molecule has 0 bridgehead atoms. The van der Waals surface area contributed by atoms with Crippen molar-refractivity contribution in [3.63, 3.8) is 0 Å². The maximum Gasteiger partial charge on any atom is 0.408 e. The normalized spacial score (nSPS) is 13.7. The maximum atomic E-state index is 14.4. The molecule has 2 N–H and O–H groups in total. The molecule has 7 nitrogen and oxygen atoms in total. The predicted octanol–water partition coefficient (Wildman–Crippen LogP) is 6.87. The third kappa shape index (κ3) is 8.75. The number of alkyl carbamates (subject to hydrolysis) is 1. The molecule has 2 aromatic rings. The number of para-hydroxylation sites is 1. The van der Waals surface area contributed by atoms with Crippen LogP contribution in [0.3, 0.4) is 0 Å². The van der Waals surface area contributed by atoms with Crippen molar-refractivity contribution in [1.29, 1.82) is 0 Å². The SMILES string of the molecule is CCC(C)N(C(=O)C(CCSC)NC(=O)OC(C)(C)C)C(C(=O)Nc1c(C)cccc1C)c1c(C)cccc1C. The molecule has 0 saturated carbocycles. The van der Waals surface area contributed by atoms with Crippen LogP contribution in [-0.4, -0.2) is 52.5 Å². The van der Waals surface area contributed by atoms with Crippen LogP contribution >= 0.6 is 11.8 Å². The molecule has 2 rings (SSSR count). The molecule has 0 heterocycles. The standard InChI is InChI=1S/C32H47N3O4S/c1-11-24(6)35(30(37)25(18-19-40-10)33-31(38)39-32(7,8)9)28(26-20(2)14-12-15-21(26)3)29(36)34-27-22(4)16-13-17-23(27)5/h12-17,24-25,28H,11,18-19H2,1-10H3,(H,33,38)(H,34,36). The first-order valence-electron chi connectivity index (χ1n) is 14.0. The number of ether oxygens (including phenoxy) is 1. The summed E-state index contributed by atoms with van der Waals surface area (Å²) in [4.78, 5) is 43.2. The summed E-state index contributed by atoms with van der Waals surface area (Å²) in [6, 6.07) is 9.71. The van der Waals surface area contributed by atoms with Gasteiger partial charge in [-0.3, -0.25) is 9.59 Å². The van der Waals surface area contributed by atoms with Crippen LogP contribution in [0.2, 0.25) is 0 Å². The summed E-state index contributed by atoms with van der Waals surface area (Å²) in [6.45, 7) is 17.1. The number of benzene rings is 2. The van der Waals surface area contributed by atoms with Crippen LogP contribution < -0.4 is 10.6 Å². The second kappa shape index (κ2) is 14.6. The maximum absolute atomic E-state index is 14.4. The first-order valence-corrected chi connectivity index (χ1v) is 15.3. The lowest BCUT2D eigenvalue weighted by Gasteiger charge is -2.39. The number of nitrogens with zero attached hydrogens (tertiary/aromatic N) is 1. The van der Waals surface area contributed by atoms with Gasteiger partial charge < -0.3 is 20.3 Å². The molecule has 0 spiro atoms. The number of carbonyl (C=O) groups is 3. The average molecular weight is 570 g/mol. The summed E-state index contributed by atoms with van der Waals surface area (Å²) >= 11 is 1.59. The molecule has 0 aliphatic heterocycles. The molecule has 0 aromatic heterocycles. The first kappa shape index (κ1) is 33.2. The molecule has 220 valence electrons. The van der Waals surface area contributed by atoms with Crippen molar-refractivity contribution in [2.75, 3.05) is 17.3 Å². The van der Waals surface area contributed by atoms with Crippen LogP contribution in [0.4, 0.5) is 10.5 Å². The van der Waals surface area contributed by atoms with Gasteiger partial charge in [-0.2, -0.15) is 11.8 Å². The quantitative estimate of drug-likeness (QED) is 0.308. The average Bonchev–Trinajstić information content (AvgIpc) is 2.86. The molecule has 3 amide bonds. The zero-order chi connectivity index (χ0) is 30.2. The third-order valence-electron chi connectivity index (χ3n) is 6.99. The van der Waals surface area contributed by atoms with Gasteiger partial charge in [-0.15, -0.1) is 0 Å². The lowest BCUT2D eigenvalue weighted by molar-refractivity contribution is -0.143.